The van der Waals surface area contributed by atoms with Crippen LogP contribution in [0.3, 0.4) is 0 Å². The van der Waals surface area contributed by atoms with E-state index in [4.69, 9.17) is 21.9 Å². The summed E-state index contributed by atoms with van der Waals surface area (Å²) >= 11 is 5.96. The summed E-state index contributed by atoms with van der Waals surface area (Å²) in [6.07, 6.45) is 1.82. The van der Waals surface area contributed by atoms with E-state index in [0.29, 0.717) is 5.11 Å². The molecule has 2 aromatic carbocycles. The molecule has 0 saturated carbocycles. The van der Waals surface area contributed by atoms with Crippen LogP contribution in [0.4, 0.5) is 11.4 Å². The molecule has 2 N–H and O–H groups in total. The van der Waals surface area contributed by atoms with Gasteiger partial charge in [-0.15, -0.1) is 0 Å². The van der Waals surface area contributed by atoms with E-state index in [1.165, 1.54) is 0 Å². The molecule has 0 radical (unpaired) electrons. The number of nitrogens with zero attached hydrogens (tertiary/aromatic N) is 3. The number of rotatable bonds is 7. The molecule has 0 aliphatic carbocycles. The number of amides is 1. The van der Waals surface area contributed by atoms with Crippen molar-refractivity contribution >= 4 is 34.6 Å². The van der Waals surface area contributed by atoms with Gasteiger partial charge in [0, 0.05) is 46.6 Å². The Balaban J connectivity index is 1.62. The minimum absolute atomic E-state index is 0.00714. The maximum Gasteiger partial charge on any atom is 0.226 e. The van der Waals surface area contributed by atoms with Crippen LogP contribution in [-0.4, -0.2) is 27.7 Å². The molecule has 0 bridgehead atoms. The predicted octanol–water partition coefficient (Wildman–Crippen LogP) is 6.58. The zero-order chi connectivity index (χ0) is 28.6. The Labute approximate surface area is 241 Å². The largest absolute Gasteiger partial charge is 0.497 e. The van der Waals surface area contributed by atoms with Crippen molar-refractivity contribution in [3.05, 3.63) is 101 Å². The molecular weight excluding hydrogens is 518 g/mol. The number of aryl methyl sites for hydroxylation is 2. The zero-order valence-electron chi connectivity index (χ0n) is 23.7. The van der Waals surface area contributed by atoms with Gasteiger partial charge in [0.05, 0.1) is 24.9 Å². The summed E-state index contributed by atoms with van der Waals surface area (Å²) in [5, 5.41) is 7.22. The van der Waals surface area contributed by atoms with Crippen LogP contribution in [0.15, 0.2) is 72.9 Å². The molecule has 2 atom stereocenters. The standard InChI is InChI=1S/C32H35N5O2S/c1-19(2)31(38)34-27-14-13-24(16-20(27)3)37-30(29(35-32(37)40)28-12-7-8-15-33-28)26-17-21(4)36(22(26)5)23-10-9-11-25(18-23)39-6/h7-19,29-30H,1-6H3,(H,34,38)(H,35,40)/t29-,30-/m0/s1. The van der Waals surface area contributed by atoms with Crippen molar-refractivity contribution in [2.24, 2.45) is 5.92 Å². The summed E-state index contributed by atoms with van der Waals surface area (Å²) in [6.45, 7) is 10.0. The van der Waals surface area contributed by atoms with Crippen molar-refractivity contribution in [3.8, 4) is 11.4 Å². The molecule has 40 heavy (non-hydrogen) atoms. The molecule has 0 spiro atoms. The van der Waals surface area contributed by atoms with Gasteiger partial charge in [0.1, 0.15) is 5.75 Å². The van der Waals surface area contributed by atoms with Gasteiger partial charge >= 0.3 is 0 Å². The second-order valence-corrected chi connectivity index (χ2v) is 10.9. The number of nitrogens with one attached hydrogen (secondary N) is 2. The lowest BCUT2D eigenvalue weighted by Crippen LogP contribution is -2.29. The molecule has 3 heterocycles. The summed E-state index contributed by atoms with van der Waals surface area (Å²) in [6, 6.07) is 22.0. The Morgan fingerprint density at radius 1 is 1.02 bits per heavy atom. The van der Waals surface area contributed by atoms with Crippen LogP contribution >= 0.6 is 12.2 Å². The van der Waals surface area contributed by atoms with Gasteiger partial charge in [0.2, 0.25) is 5.91 Å². The van der Waals surface area contributed by atoms with Crippen LogP contribution in [0.5, 0.6) is 5.75 Å². The first-order valence-corrected chi connectivity index (χ1v) is 13.9. The first-order chi connectivity index (χ1) is 19.2. The summed E-state index contributed by atoms with van der Waals surface area (Å²) in [5.74, 6) is 0.702. The third-order valence-corrected chi connectivity index (χ3v) is 7.78. The SMILES string of the molecule is COc1cccc(-n2c(C)cc([C@H]3[C@H](c4ccccn4)NC(=S)N3c3ccc(NC(=O)C(C)C)c(C)c3)c2C)c1. The second kappa shape index (κ2) is 11.1. The van der Waals surface area contributed by atoms with E-state index in [2.05, 4.69) is 52.1 Å². The van der Waals surface area contributed by atoms with Gasteiger partial charge in [-0.25, -0.2) is 0 Å². The molecule has 0 unspecified atom stereocenters. The molecule has 1 saturated heterocycles. The third-order valence-electron chi connectivity index (χ3n) is 7.47. The molecule has 1 amide bonds. The first kappa shape index (κ1) is 27.4. The number of hydrogen-bond acceptors (Lipinski definition) is 4. The highest BCUT2D eigenvalue weighted by molar-refractivity contribution is 7.80. The number of hydrogen-bond donors (Lipinski definition) is 2. The van der Waals surface area contributed by atoms with Crippen molar-refractivity contribution in [2.45, 2.75) is 46.7 Å². The van der Waals surface area contributed by atoms with Crippen LogP contribution < -0.4 is 20.3 Å². The average molecular weight is 554 g/mol. The topological polar surface area (TPSA) is 71.4 Å². The highest BCUT2D eigenvalue weighted by atomic mass is 32.1. The van der Waals surface area contributed by atoms with Crippen molar-refractivity contribution < 1.29 is 9.53 Å². The lowest BCUT2D eigenvalue weighted by molar-refractivity contribution is -0.118. The van der Waals surface area contributed by atoms with Crippen LogP contribution in [0, 0.1) is 26.7 Å². The molecule has 1 aliphatic heterocycles. The number of thiocarbonyl (C=S) groups is 1. The van der Waals surface area contributed by atoms with E-state index in [1.807, 2.05) is 75.5 Å². The van der Waals surface area contributed by atoms with Gasteiger partial charge in [-0.3, -0.25) is 9.78 Å². The Bertz CT molecular complexity index is 1560. The number of anilines is 2. The predicted molar refractivity (Wildman–Crippen MR) is 164 cm³/mol. The Kier molecular flexibility index (Phi) is 7.63. The molecule has 1 fully saturated rings. The number of aromatic nitrogens is 2. The van der Waals surface area contributed by atoms with E-state index < -0.39 is 0 Å². The fraction of sp³-hybridized carbons (Fsp3) is 0.281. The van der Waals surface area contributed by atoms with Crippen LogP contribution in [-0.2, 0) is 4.79 Å². The normalized spacial score (nSPS) is 16.8. The van der Waals surface area contributed by atoms with Gasteiger partial charge in [-0.05, 0) is 92.6 Å². The average Bonchev–Trinajstić information content (AvgIpc) is 3.44. The van der Waals surface area contributed by atoms with E-state index in [0.717, 1.165) is 51.0 Å². The Morgan fingerprint density at radius 3 is 2.50 bits per heavy atom. The second-order valence-electron chi connectivity index (χ2n) is 10.5. The lowest BCUT2D eigenvalue weighted by Gasteiger charge is -2.29. The number of methoxy groups -OCH3 is 1. The molecule has 4 aromatic rings. The zero-order valence-corrected chi connectivity index (χ0v) is 24.5. The molecular formula is C32H35N5O2S. The molecule has 5 rings (SSSR count). The fourth-order valence-electron chi connectivity index (χ4n) is 5.40. The van der Waals surface area contributed by atoms with E-state index in [-0.39, 0.29) is 23.9 Å². The Hall–Kier alpha value is -4.17. The van der Waals surface area contributed by atoms with Gasteiger partial charge in [0.15, 0.2) is 5.11 Å². The van der Waals surface area contributed by atoms with Gasteiger partial charge in [0.25, 0.3) is 0 Å². The molecule has 1 aliphatic rings. The van der Waals surface area contributed by atoms with Crippen molar-refractivity contribution in [1.29, 1.82) is 0 Å². The van der Waals surface area contributed by atoms with Crippen molar-refractivity contribution in [3.63, 3.8) is 0 Å². The number of carbonyl (C=O) groups excluding carboxylic acids is 1. The van der Waals surface area contributed by atoms with E-state index in [1.54, 1.807) is 7.11 Å². The van der Waals surface area contributed by atoms with E-state index >= 15 is 0 Å². The lowest BCUT2D eigenvalue weighted by atomic mass is 9.96. The maximum atomic E-state index is 12.4. The Morgan fingerprint density at radius 2 is 1.82 bits per heavy atom. The minimum Gasteiger partial charge on any atom is -0.497 e. The number of pyridine rings is 1. The fourth-order valence-corrected chi connectivity index (χ4v) is 5.74. The summed E-state index contributed by atoms with van der Waals surface area (Å²) in [4.78, 5) is 19.2. The molecule has 206 valence electrons. The smallest absolute Gasteiger partial charge is 0.226 e. The molecule has 8 heteroatoms. The monoisotopic (exact) mass is 553 g/mol. The number of ether oxygens (including phenoxy) is 1. The molecule has 2 aromatic heterocycles. The van der Waals surface area contributed by atoms with Crippen LogP contribution in [0.25, 0.3) is 5.69 Å². The molecule has 7 nitrogen and oxygen atoms in total. The van der Waals surface area contributed by atoms with Crippen molar-refractivity contribution in [2.75, 3.05) is 17.3 Å². The highest BCUT2D eigenvalue weighted by Gasteiger charge is 2.42. The van der Waals surface area contributed by atoms with E-state index in [9.17, 15) is 4.79 Å². The van der Waals surface area contributed by atoms with Gasteiger partial charge in [-0.1, -0.05) is 26.0 Å². The summed E-state index contributed by atoms with van der Waals surface area (Å²) in [5.41, 5.74) is 8.06. The van der Waals surface area contributed by atoms with Gasteiger partial charge < -0.3 is 24.8 Å². The highest BCUT2D eigenvalue weighted by Crippen LogP contribution is 2.44. The van der Waals surface area contributed by atoms with Crippen LogP contribution in [0.1, 0.15) is 54.1 Å². The third kappa shape index (κ3) is 5.07. The minimum atomic E-state index is -0.159. The van der Waals surface area contributed by atoms with Crippen molar-refractivity contribution in [1.82, 2.24) is 14.9 Å². The maximum absolute atomic E-state index is 12.4. The van der Waals surface area contributed by atoms with Crippen LogP contribution in [0.2, 0.25) is 0 Å². The first-order valence-electron chi connectivity index (χ1n) is 13.4. The summed E-state index contributed by atoms with van der Waals surface area (Å²) < 4.78 is 7.75. The quantitative estimate of drug-likeness (QED) is 0.252. The number of carbonyl (C=O) groups is 1. The summed E-state index contributed by atoms with van der Waals surface area (Å²) in [7, 11) is 1.68. The number of benzene rings is 2. The van der Waals surface area contributed by atoms with Gasteiger partial charge in [-0.2, -0.15) is 0 Å².